The van der Waals surface area contributed by atoms with Crippen LogP contribution in [0, 0.1) is 29.4 Å². The number of halogens is 2. The van der Waals surface area contributed by atoms with Crippen LogP contribution in [0.15, 0.2) is 18.2 Å². The first-order valence-corrected chi connectivity index (χ1v) is 7.92. The van der Waals surface area contributed by atoms with E-state index in [9.17, 15) is 18.4 Å². The molecule has 0 heterocycles. The molecule has 1 amide bonds. The molecule has 1 N–H and O–H groups in total. The highest BCUT2D eigenvalue weighted by Crippen LogP contribution is 2.49. The van der Waals surface area contributed by atoms with Crippen LogP contribution in [0.2, 0.25) is 0 Å². The van der Waals surface area contributed by atoms with Crippen LogP contribution >= 0.6 is 0 Å². The van der Waals surface area contributed by atoms with E-state index >= 15 is 0 Å². The van der Waals surface area contributed by atoms with Crippen LogP contribution in [-0.4, -0.2) is 18.5 Å². The lowest BCUT2D eigenvalue weighted by Gasteiger charge is -2.20. The number of benzene rings is 1. The van der Waals surface area contributed by atoms with Gasteiger partial charge in [0, 0.05) is 18.2 Å². The fraction of sp³-hybridized carbons (Fsp3) is 0.529. The minimum absolute atomic E-state index is 0.123. The molecule has 0 aliphatic heterocycles. The molecule has 3 atom stereocenters. The summed E-state index contributed by atoms with van der Waals surface area (Å²) in [5.41, 5.74) is 0.123. The Morgan fingerprint density at radius 3 is 2.65 bits per heavy atom. The molecule has 6 heteroatoms. The standard InChI is InChI=1S/C17H19F2NO3/c18-14-4-3-13(8-15(14)19)20-16(21)9-23-17(22)7-12-6-10-1-2-11(12)5-10/h3-4,8,10-12H,1-2,5-7,9H2,(H,20,21)/t10-,11-,12+/m1/s1. The van der Waals surface area contributed by atoms with E-state index in [4.69, 9.17) is 4.74 Å². The highest BCUT2D eigenvalue weighted by Gasteiger charge is 2.40. The number of hydrogen-bond acceptors (Lipinski definition) is 3. The zero-order valence-corrected chi connectivity index (χ0v) is 12.7. The second-order valence-corrected chi connectivity index (χ2v) is 6.48. The van der Waals surface area contributed by atoms with E-state index < -0.39 is 24.1 Å². The minimum Gasteiger partial charge on any atom is -0.456 e. The molecule has 0 saturated heterocycles. The highest BCUT2D eigenvalue weighted by atomic mass is 19.2. The zero-order valence-electron chi connectivity index (χ0n) is 12.7. The number of nitrogens with one attached hydrogen (secondary N) is 1. The lowest BCUT2D eigenvalue weighted by molar-refractivity contribution is -0.148. The van der Waals surface area contributed by atoms with Gasteiger partial charge >= 0.3 is 5.97 Å². The lowest BCUT2D eigenvalue weighted by atomic mass is 9.86. The molecule has 2 fully saturated rings. The van der Waals surface area contributed by atoms with Crippen molar-refractivity contribution in [1.29, 1.82) is 0 Å². The topological polar surface area (TPSA) is 55.4 Å². The number of esters is 1. The molecule has 0 spiro atoms. The molecule has 0 aromatic heterocycles. The molecule has 1 aromatic carbocycles. The number of ether oxygens (including phenoxy) is 1. The van der Waals surface area contributed by atoms with E-state index in [1.165, 1.54) is 25.3 Å². The van der Waals surface area contributed by atoms with Gasteiger partial charge in [-0.05, 0) is 49.1 Å². The Hall–Kier alpha value is -1.98. The van der Waals surface area contributed by atoms with Crippen molar-refractivity contribution < 1.29 is 23.1 Å². The normalized spacial score (nSPS) is 25.4. The Morgan fingerprint density at radius 2 is 2.00 bits per heavy atom. The third-order valence-electron chi connectivity index (χ3n) is 4.88. The Kier molecular flexibility index (Phi) is 4.59. The second kappa shape index (κ2) is 6.64. The summed E-state index contributed by atoms with van der Waals surface area (Å²) in [5, 5.41) is 2.36. The van der Waals surface area contributed by atoms with Crippen molar-refractivity contribution in [2.45, 2.75) is 32.1 Å². The number of carbonyl (C=O) groups is 2. The van der Waals surface area contributed by atoms with E-state index in [0.717, 1.165) is 24.5 Å². The Balaban J connectivity index is 1.41. The average molecular weight is 323 g/mol. The van der Waals surface area contributed by atoms with Crippen molar-refractivity contribution in [3.63, 3.8) is 0 Å². The molecular formula is C17H19F2NO3. The number of fused-ring (bicyclic) bond motifs is 2. The third kappa shape index (κ3) is 3.86. The van der Waals surface area contributed by atoms with Crippen LogP contribution in [0.25, 0.3) is 0 Å². The Labute approximate surface area is 133 Å². The summed E-state index contributed by atoms with van der Waals surface area (Å²) in [7, 11) is 0. The number of hydrogen-bond donors (Lipinski definition) is 1. The van der Waals surface area contributed by atoms with Crippen molar-refractivity contribution in [1.82, 2.24) is 0 Å². The van der Waals surface area contributed by atoms with Crippen molar-refractivity contribution in [3.05, 3.63) is 29.8 Å². The van der Waals surface area contributed by atoms with Gasteiger partial charge in [-0.1, -0.05) is 6.42 Å². The summed E-state index contributed by atoms with van der Waals surface area (Å²) in [4.78, 5) is 23.5. The van der Waals surface area contributed by atoms with Crippen LogP contribution < -0.4 is 5.32 Å². The monoisotopic (exact) mass is 323 g/mol. The Morgan fingerprint density at radius 1 is 1.17 bits per heavy atom. The smallest absolute Gasteiger partial charge is 0.306 e. The summed E-state index contributed by atoms with van der Waals surface area (Å²) in [6, 6.07) is 3.05. The molecule has 2 aliphatic rings. The van der Waals surface area contributed by atoms with Gasteiger partial charge in [0.25, 0.3) is 5.91 Å². The van der Waals surface area contributed by atoms with Crippen LogP contribution in [-0.2, 0) is 14.3 Å². The number of rotatable bonds is 5. The lowest BCUT2D eigenvalue weighted by Crippen LogP contribution is -2.23. The van der Waals surface area contributed by atoms with Crippen molar-refractivity contribution >= 4 is 17.6 Å². The molecule has 124 valence electrons. The predicted octanol–water partition coefficient (Wildman–Crippen LogP) is 3.27. The fourth-order valence-corrected chi connectivity index (χ4v) is 3.82. The first kappa shape index (κ1) is 15.9. The molecule has 3 rings (SSSR count). The SMILES string of the molecule is O=C(COC(=O)C[C@@H]1C[C@@H]2CC[C@@H]1C2)Nc1ccc(F)c(F)c1. The molecule has 2 saturated carbocycles. The number of carbonyl (C=O) groups excluding carboxylic acids is 2. The van der Waals surface area contributed by atoms with Gasteiger partial charge in [0.2, 0.25) is 0 Å². The molecule has 4 nitrogen and oxygen atoms in total. The molecule has 1 aromatic rings. The maximum Gasteiger partial charge on any atom is 0.306 e. The van der Waals surface area contributed by atoms with E-state index in [0.29, 0.717) is 18.3 Å². The quantitative estimate of drug-likeness (QED) is 0.846. The first-order chi connectivity index (χ1) is 11.0. The summed E-state index contributed by atoms with van der Waals surface area (Å²) in [6.07, 6.45) is 5.13. The first-order valence-electron chi connectivity index (χ1n) is 7.92. The van der Waals surface area contributed by atoms with Crippen LogP contribution in [0.1, 0.15) is 32.1 Å². The number of anilines is 1. The van der Waals surface area contributed by atoms with Gasteiger partial charge in [-0.3, -0.25) is 9.59 Å². The van der Waals surface area contributed by atoms with Crippen LogP contribution in [0.4, 0.5) is 14.5 Å². The zero-order chi connectivity index (χ0) is 16.4. The van der Waals surface area contributed by atoms with Crippen molar-refractivity contribution in [3.8, 4) is 0 Å². The number of amides is 1. The fourth-order valence-electron chi connectivity index (χ4n) is 3.82. The van der Waals surface area contributed by atoms with E-state index in [1.54, 1.807) is 0 Å². The molecule has 0 radical (unpaired) electrons. The summed E-state index contributed by atoms with van der Waals surface area (Å²) in [6.45, 7) is -0.418. The van der Waals surface area contributed by atoms with Gasteiger partial charge in [0.15, 0.2) is 18.2 Å². The van der Waals surface area contributed by atoms with E-state index in [1.807, 2.05) is 0 Å². The molecule has 0 unspecified atom stereocenters. The van der Waals surface area contributed by atoms with Gasteiger partial charge in [0.05, 0.1) is 0 Å². The van der Waals surface area contributed by atoms with Crippen molar-refractivity contribution in [2.75, 3.05) is 11.9 Å². The second-order valence-electron chi connectivity index (χ2n) is 6.48. The third-order valence-corrected chi connectivity index (χ3v) is 4.88. The maximum atomic E-state index is 13.0. The highest BCUT2D eigenvalue weighted by molar-refractivity contribution is 5.92. The van der Waals surface area contributed by atoms with Crippen LogP contribution in [0.3, 0.4) is 0 Å². The van der Waals surface area contributed by atoms with Gasteiger partial charge in [-0.2, -0.15) is 0 Å². The minimum atomic E-state index is -1.05. The van der Waals surface area contributed by atoms with E-state index in [2.05, 4.69) is 5.32 Å². The van der Waals surface area contributed by atoms with Crippen molar-refractivity contribution in [2.24, 2.45) is 17.8 Å². The molecule has 2 aliphatic carbocycles. The summed E-state index contributed by atoms with van der Waals surface area (Å²) in [5.74, 6) is -1.20. The predicted molar refractivity (Wildman–Crippen MR) is 79.5 cm³/mol. The molecular weight excluding hydrogens is 304 g/mol. The molecule has 2 bridgehead atoms. The maximum absolute atomic E-state index is 13.0. The molecule has 23 heavy (non-hydrogen) atoms. The Bertz CT molecular complexity index is 620. The largest absolute Gasteiger partial charge is 0.456 e. The average Bonchev–Trinajstić information content (AvgIpc) is 3.12. The van der Waals surface area contributed by atoms with Gasteiger partial charge in [-0.25, -0.2) is 8.78 Å². The summed E-state index contributed by atoms with van der Waals surface area (Å²) >= 11 is 0. The van der Waals surface area contributed by atoms with Crippen LogP contribution in [0.5, 0.6) is 0 Å². The van der Waals surface area contributed by atoms with Gasteiger partial charge in [-0.15, -0.1) is 0 Å². The van der Waals surface area contributed by atoms with E-state index in [-0.39, 0.29) is 11.7 Å². The van der Waals surface area contributed by atoms with Gasteiger partial charge < -0.3 is 10.1 Å². The summed E-state index contributed by atoms with van der Waals surface area (Å²) < 4.78 is 30.8. The van der Waals surface area contributed by atoms with Gasteiger partial charge in [0.1, 0.15) is 0 Å².